The third kappa shape index (κ3) is 72.4. The van der Waals surface area contributed by atoms with E-state index in [9.17, 15) is 43.2 Å². The molecule has 0 bridgehead atoms. The lowest BCUT2D eigenvalue weighted by Gasteiger charge is -2.21. The first-order chi connectivity index (χ1) is 47.7. The van der Waals surface area contributed by atoms with Crippen LogP contribution in [-0.4, -0.2) is 96.7 Å². The molecule has 0 spiro atoms. The number of carbonyl (C=O) groups is 4. The van der Waals surface area contributed by atoms with E-state index in [0.29, 0.717) is 25.7 Å². The molecule has 0 rings (SSSR count). The number of hydrogen-bond donors (Lipinski definition) is 3. The molecule has 17 nitrogen and oxygen atoms in total. The van der Waals surface area contributed by atoms with Crippen molar-refractivity contribution in [2.75, 3.05) is 39.6 Å². The lowest BCUT2D eigenvalue weighted by atomic mass is 10.0. The predicted molar refractivity (Wildman–Crippen MR) is 400 cm³/mol. The standard InChI is InChI=1S/C79H154O17P2/c1-5-9-13-17-21-25-28-31-33-34-35-36-37-38-40-43-46-50-54-58-62-66-79(84)96-75(70-90-77(82)64-60-56-52-48-44-42-39-32-29-26-22-18-14-10-6-2)72-94-98(87,88)92-68-73(80)67-91-97(85,86)93-71-74(69-89-76(81)63-59-55-51-47-24-20-16-12-8-4)95-78(83)65-61-57-53-49-45-41-30-27-23-19-15-11-7-3/h73-75,80H,5-72H2,1-4H3,(H,85,86)(H,87,88)/t73-,74+,75+/m0/s1. The zero-order valence-corrected chi connectivity index (χ0v) is 65.6. The first-order valence-electron chi connectivity index (χ1n) is 41.3. The molecule has 0 aromatic rings. The van der Waals surface area contributed by atoms with Crippen LogP contribution in [0, 0.1) is 0 Å². The van der Waals surface area contributed by atoms with Crippen molar-refractivity contribution in [1.82, 2.24) is 0 Å². The molecule has 5 atom stereocenters. The van der Waals surface area contributed by atoms with E-state index in [1.54, 1.807) is 0 Å². The maximum atomic E-state index is 13.1. The summed E-state index contributed by atoms with van der Waals surface area (Å²) in [7, 11) is -9.91. The van der Waals surface area contributed by atoms with Crippen LogP contribution in [0.15, 0.2) is 0 Å². The number of rotatable bonds is 80. The Morgan fingerprint density at radius 3 is 0.602 bits per heavy atom. The third-order valence-electron chi connectivity index (χ3n) is 18.6. The van der Waals surface area contributed by atoms with Gasteiger partial charge in [0.2, 0.25) is 0 Å². The van der Waals surface area contributed by atoms with Crippen LogP contribution in [0.4, 0.5) is 0 Å². The molecule has 0 radical (unpaired) electrons. The topological polar surface area (TPSA) is 237 Å². The summed E-state index contributed by atoms with van der Waals surface area (Å²) in [6.45, 7) is 5.00. The molecule has 2 unspecified atom stereocenters. The highest BCUT2D eigenvalue weighted by Gasteiger charge is 2.30. The average molecular weight is 1440 g/mol. The Bertz CT molecular complexity index is 1860. The number of hydrogen-bond acceptors (Lipinski definition) is 15. The predicted octanol–water partition coefficient (Wildman–Crippen LogP) is 23.8. The first kappa shape index (κ1) is 96.1. The first-order valence-corrected chi connectivity index (χ1v) is 44.3. The van der Waals surface area contributed by atoms with Crippen molar-refractivity contribution in [3.05, 3.63) is 0 Å². The normalized spacial score (nSPS) is 13.8. The number of aliphatic hydroxyl groups is 1. The summed E-state index contributed by atoms with van der Waals surface area (Å²) in [4.78, 5) is 72.9. The third-order valence-corrected chi connectivity index (χ3v) is 20.5. The van der Waals surface area contributed by atoms with Crippen LogP contribution < -0.4 is 0 Å². The van der Waals surface area contributed by atoms with Gasteiger partial charge in [-0.1, -0.05) is 374 Å². The van der Waals surface area contributed by atoms with Crippen molar-refractivity contribution in [1.29, 1.82) is 0 Å². The summed E-state index contributed by atoms with van der Waals surface area (Å²) in [5.41, 5.74) is 0. The van der Waals surface area contributed by atoms with Crippen molar-refractivity contribution in [2.45, 2.75) is 444 Å². The quantitative estimate of drug-likeness (QED) is 0.0222. The molecular formula is C79H154O17P2. The Labute approximate surface area is 600 Å². The van der Waals surface area contributed by atoms with Crippen LogP contribution in [0.3, 0.4) is 0 Å². The van der Waals surface area contributed by atoms with Crippen molar-refractivity contribution in [3.8, 4) is 0 Å². The fraction of sp³-hybridized carbons (Fsp3) is 0.949. The second-order valence-corrected chi connectivity index (χ2v) is 31.4. The molecular weight excluding hydrogens is 1280 g/mol. The van der Waals surface area contributed by atoms with Gasteiger partial charge in [0.15, 0.2) is 12.2 Å². The van der Waals surface area contributed by atoms with Crippen LogP contribution in [0.25, 0.3) is 0 Å². The molecule has 0 fully saturated rings. The zero-order chi connectivity index (χ0) is 71.8. The summed E-state index contributed by atoms with van der Waals surface area (Å²) in [6.07, 6.45) is 65.2. The maximum Gasteiger partial charge on any atom is 0.472 e. The maximum absolute atomic E-state index is 13.1. The van der Waals surface area contributed by atoms with Gasteiger partial charge < -0.3 is 33.8 Å². The highest BCUT2D eigenvalue weighted by atomic mass is 31.2. The number of esters is 4. The summed E-state index contributed by atoms with van der Waals surface area (Å²) in [6, 6.07) is 0. The Kier molecular flexibility index (Phi) is 71.9. The smallest absolute Gasteiger partial charge is 0.462 e. The largest absolute Gasteiger partial charge is 0.472 e. The summed E-state index contributed by atoms with van der Waals surface area (Å²) in [5, 5.41) is 10.6. The molecule has 0 aromatic heterocycles. The second kappa shape index (κ2) is 73.4. The van der Waals surface area contributed by atoms with Gasteiger partial charge in [-0.05, 0) is 25.7 Å². The summed E-state index contributed by atoms with van der Waals surface area (Å²) < 4.78 is 68.6. The van der Waals surface area contributed by atoms with Crippen LogP contribution in [-0.2, 0) is 65.4 Å². The molecule has 0 amide bonds. The fourth-order valence-corrected chi connectivity index (χ4v) is 13.9. The van der Waals surface area contributed by atoms with Gasteiger partial charge in [-0.2, -0.15) is 0 Å². The van der Waals surface area contributed by atoms with Crippen LogP contribution in [0.1, 0.15) is 426 Å². The Morgan fingerprint density at radius 1 is 0.245 bits per heavy atom. The molecule has 0 aliphatic heterocycles. The van der Waals surface area contributed by atoms with E-state index in [4.69, 9.17) is 37.0 Å². The lowest BCUT2D eigenvalue weighted by Crippen LogP contribution is -2.30. The van der Waals surface area contributed by atoms with Crippen molar-refractivity contribution < 1.29 is 80.2 Å². The van der Waals surface area contributed by atoms with Gasteiger partial charge >= 0.3 is 39.5 Å². The Hall–Kier alpha value is -1.94. The molecule has 98 heavy (non-hydrogen) atoms. The Morgan fingerprint density at radius 2 is 0.408 bits per heavy atom. The number of phosphoric ester groups is 2. The Balaban J connectivity index is 5.19. The van der Waals surface area contributed by atoms with E-state index in [1.807, 2.05) is 0 Å². The number of unbranched alkanes of at least 4 members (excludes halogenated alkanes) is 54. The molecule has 582 valence electrons. The minimum absolute atomic E-state index is 0.108. The molecule has 0 aliphatic carbocycles. The van der Waals surface area contributed by atoms with Gasteiger partial charge in [0, 0.05) is 25.7 Å². The van der Waals surface area contributed by atoms with Gasteiger partial charge in [-0.15, -0.1) is 0 Å². The summed E-state index contributed by atoms with van der Waals surface area (Å²) >= 11 is 0. The minimum atomic E-state index is -4.96. The lowest BCUT2D eigenvalue weighted by molar-refractivity contribution is -0.161. The zero-order valence-electron chi connectivity index (χ0n) is 63.8. The highest BCUT2D eigenvalue weighted by molar-refractivity contribution is 7.47. The molecule has 19 heteroatoms. The van der Waals surface area contributed by atoms with E-state index >= 15 is 0 Å². The molecule has 0 heterocycles. The fourth-order valence-electron chi connectivity index (χ4n) is 12.3. The van der Waals surface area contributed by atoms with Gasteiger partial charge in [0.25, 0.3) is 0 Å². The number of phosphoric acid groups is 2. The van der Waals surface area contributed by atoms with Crippen LogP contribution in [0.5, 0.6) is 0 Å². The molecule has 0 saturated carbocycles. The van der Waals surface area contributed by atoms with E-state index < -0.39 is 97.5 Å². The molecule has 0 saturated heterocycles. The van der Waals surface area contributed by atoms with Crippen molar-refractivity contribution in [2.24, 2.45) is 0 Å². The van der Waals surface area contributed by atoms with E-state index in [1.165, 1.54) is 257 Å². The van der Waals surface area contributed by atoms with Gasteiger partial charge in [0.05, 0.1) is 26.4 Å². The van der Waals surface area contributed by atoms with Crippen molar-refractivity contribution >= 4 is 39.5 Å². The molecule has 3 N–H and O–H groups in total. The number of carbonyl (C=O) groups excluding carboxylic acids is 4. The SMILES string of the molecule is CCCCCCCCCCCCCCCCCCCCCCCC(=O)O[C@H](COC(=O)CCCCCCCCCCCCCCCCC)COP(=O)(O)OC[C@@H](O)COP(=O)(O)OC[C@@H](COC(=O)CCCCCCCCCCC)OC(=O)CCCCCCCCCCCCCCC. The average Bonchev–Trinajstić information content (AvgIpc) is 1.14. The van der Waals surface area contributed by atoms with E-state index in [-0.39, 0.29) is 25.7 Å². The number of ether oxygens (including phenoxy) is 4. The van der Waals surface area contributed by atoms with Crippen LogP contribution >= 0.6 is 15.6 Å². The van der Waals surface area contributed by atoms with Gasteiger partial charge in [0.1, 0.15) is 19.3 Å². The van der Waals surface area contributed by atoms with Gasteiger partial charge in [-0.3, -0.25) is 37.3 Å². The second-order valence-electron chi connectivity index (χ2n) is 28.5. The van der Waals surface area contributed by atoms with Gasteiger partial charge in [-0.25, -0.2) is 9.13 Å². The monoisotopic (exact) mass is 1440 g/mol. The minimum Gasteiger partial charge on any atom is -0.462 e. The van der Waals surface area contributed by atoms with Crippen LogP contribution in [0.2, 0.25) is 0 Å². The number of aliphatic hydroxyl groups excluding tert-OH is 1. The summed E-state index contributed by atoms with van der Waals surface area (Å²) in [5.74, 6) is -2.11. The molecule has 0 aromatic carbocycles. The molecule has 0 aliphatic rings. The van der Waals surface area contributed by atoms with E-state index in [2.05, 4.69) is 27.7 Å². The van der Waals surface area contributed by atoms with E-state index in [0.717, 1.165) is 89.9 Å². The van der Waals surface area contributed by atoms with Crippen molar-refractivity contribution in [3.63, 3.8) is 0 Å². The highest BCUT2D eigenvalue weighted by Crippen LogP contribution is 2.45.